The first-order chi connectivity index (χ1) is 9.54. The summed E-state index contributed by atoms with van der Waals surface area (Å²) in [6.45, 7) is 0.461. The lowest BCUT2D eigenvalue weighted by Crippen LogP contribution is -2.06. The number of nitrogens with two attached hydrogens (primary N) is 1. The van der Waals surface area contributed by atoms with E-state index >= 15 is 0 Å². The first-order valence-corrected chi connectivity index (χ1v) is 6.14. The highest BCUT2D eigenvalue weighted by atomic mass is 19.1. The summed E-state index contributed by atoms with van der Waals surface area (Å²) in [4.78, 5) is 3.94. The molecule has 2 N–H and O–H groups in total. The predicted octanol–water partition coefficient (Wildman–Crippen LogP) is 1.87. The van der Waals surface area contributed by atoms with Gasteiger partial charge in [0.1, 0.15) is 11.3 Å². The van der Waals surface area contributed by atoms with Gasteiger partial charge in [-0.3, -0.25) is 4.68 Å². The Morgan fingerprint density at radius 3 is 2.80 bits per heavy atom. The number of nitrogen functional groups attached to an aromatic ring is 1. The van der Waals surface area contributed by atoms with Crippen molar-refractivity contribution in [3.8, 4) is 0 Å². The van der Waals surface area contributed by atoms with Crippen LogP contribution in [-0.2, 0) is 20.0 Å². The summed E-state index contributed by atoms with van der Waals surface area (Å²) in [6.07, 6.45) is 2.44. The van der Waals surface area contributed by atoms with Gasteiger partial charge in [-0.2, -0.15) is 5.10 Å². The average molecular weight is 277 g/mol. The second kappa shape index (κ2) is 4.59. The molecule has 0 aliphatic heterocycles. The molecule has 2 aromatic heterocycles. The molecule has 0 radical (unpaired) electrons. The van der Waals surface area contributed by atoms with Crippen LogP contribution in [0.1, 0.15) is 5.69 Å². The van der Waals surface area contributed by atoms with Crippen LogP contribution in [0.15, 0.2) is 24.4 Å². The number of benzene rings is 1. The van der Waals surface area contributed by atoms with Crippen molar-refractivity contribution in [2.75, 3.05) is 5.73 Å². The van der Waals surface area contributed by atoms with Crippen LogP contribution in [0.3, 0.4) is 0 Å². The monoisotopic (exact) mass is 277 g/mol. The molecule has 104 valence electrons. The van der Waals surface area contributed by atoms with Gasteiger partial charge >= 0.3 is 0 Å². The van der Waals surface area contributed by atoms with Crippen molar-refractivity contribution in [1.29, 1.82) is 0 Å². The molecule has 0 fully saturated rings. The van der Waals surface area contributed by atoms with Crippen LogP contribution in [0.5, 0.6) is 0 Å². The van der Waals surface area contributed by atoms with Crippen molar-refractivity contribution in [3.63, 3.8) is 0 Å². The predicted molar refractivity (Wildman–Crippen MR) is 71.0 cm³/mol. The van der Waals surface area contributed by atoms with E-state index in [0.717, 1.165) is 11.8 Å². The number of imidazole rings is 1. The number of anilines is 1. The van der Waals surface area contributed by atoms with Crippen molar-refractivity contribution in [2.45, 2.75) is 13.0 Å². The van der Waals surface area contributed by atoms with Crippen molar-refractivity contribution < 1.29 is 8.78 Å². The number of nitrogens with zero attached hydrogens (tertiary/aromatic N) is 4. The van der Waals surface area contributed by atoms with Gasteiger partial charge in [0.15, 0.2) is 5.82 Å². The Balaban J connectivity index is 1.96. The van der Waals surface area contributed by atoms with Crippen LogP contribution in [0.25, 0.3) is 11.0 Å². The molecule has 0 aliphatic carbocycles. The van der Waals surface area contributed by atoms with Crippen LogP contribution in [0.2, 0.25) is 0 Å². The number of fused-ring (bicyclic) bond motifs is 1. The van der Waals surface area contributed by atoms with Gasteiger partial charge in [0.05, 0.1) is 11.2 Å². The van der Waals surface area contributed by atoms with Crippen molar-refractivity contribution in [2.24, 2.45) is 7.05 Å². The summed E-state index contributed by atoms with van der Waals surface area (Å²) in [5.74, 6) is -1.18. The third kappa shape index (κ3) is 2.11. The number of halogens is 2. The summed E-state index contributed by atoms with van der Waals surface area (Å²) in [7, 11) is 1.83. The third-order valence-electron chi connectivity index (χ3n) is 3.16. The molecule has 0 saturated heterocycles. The maximum absolute atomic E-state index is 13.6. The molecule has 1 aromatic carbocycles. The Morgan fingerprint density at radius 2 is 2.10 bits per heavy atom. The standard InChI is InChI=1S/C13H13F2N5/c1-19-4-2-9(18-19)3-5-20-11-7-8(14)6-10(15)12(11)17-13(20)16/h2,4,6-7H,3,5H2,1H3,(H2,16,17). The number of aryl methyl sites for hydroxylation is 3. The first-order valence-electron chi connectivity index (χ1n) is 6.14. The largest absolute Gasteiger partial charge is 0.369 e. The molecule has 2 heterocycles. The molecule has 7 heteroatoms. The van der Waals surface area contributed by atoms with Gasteiger partial charge in [-0.1, -0.05) is 0 Å². The quantitative estimate of drug-likeness (QED) is 0.795. The molecule has 0 atom stereocenters. The molecular formula is C13H13F2N5. The van der Waals surface area contributed by atoms with E-state index < -0.39 is 11.6 Å². The van der Waals surface area contributed by atoms with Gasteiger partial charge < -0.3 is 10.3 Å². The molecule has 0 unspecified atom stereocenters. The highest BCUT2D eigenvalue weighted by Gasteiger charge is 2.14. The van der Waals surface area contributed by atoms with E-state index in [-0.39, 0.29) is 11.5 Å². The SMILES string of the molecule is Cn1ccc(CCn2c(N)nc3c(F)cc(F)cc32)n1. The first kappa shape index (κ1) is 12.6. The Morgan fingerprint density at radius 1 is 1.30 bits per heavy atom. The summed E-state index contributed by atoms with van der Waals surface area (Å²) < 4.78 is 30.2. The summed E-state index contributed by atoms with van der Waals surface area (Å²) in [5.41, 5.74) is 7.10. The molecule has 0 saturated carbocycles. The summed E-state index contributed by atoms with van der Waals surface area (Å²) in [6, 6.07) is 3.93. The Kier molecular flexibility index (Phi) is 2.89. The topological polar surface area (TPSA) is 61.7 Å². The minimum absolute atomic E-state index is 0.0879. The number of hydrogen-bond donors (Lipinski definition) is 1. The molecule has 0 bridgehead atoms. The fraction of sp³-hybridized carbons (Fsp3) is 0.231. The van der Waals surface area contributed by atoms with Crippen molar-refractivity contribution in [1.82, 2.24) is 19.3 Å². The maximum atomic E-state index is 13.6. The fourth-order valence-corrected chi connectivity index (χ4v) is 2.23. The summed E-state index contributed by atoms with van der Waals surface area (Å²) in [5, 5.41) is 4.25. The molecule has 5 nitrogen and oxygen atoms in total. The number of hydrogen-bond acceptors (Lipinski definition) is 3. The molecule has 0 amide bonds. The van der Waals surface area contributed by atoms with E-state index in [1.807, 2.05) is 19.3 Å². The number of rotatable bonds is 3. The summed E-state index contributed by atoms with van der Waals surface area (Å²) >= 11 is 0. The Hall–Kier alpha value is -2.44. The minimum atomic E-state index is -0.705. The second-order valence-corrected chi connectivity index (χ2v) is 4.61. The average Bonchev–Trinajstić information content (AvgIpc) is 2.91. The highest BCUT2D eigenvalue weighted by molar-refractivity contribution is 5.79. The normalized spacial score (nSPS) is 11.3. The number of aromatic nitrogens is 4. The zero-order valence-electron chi connectivity index (χ0n) is 10.8. The zero-order valence-corrected chi connectivity index (χ0v) is 10.8. The highest BCUT2D eigenvalue weighted by Crippen LogP contribution is 2.22. The maximum Gasteiger partial charge on any atom is 0.201 e. The fourth-order valence-electron chi connectivity index (χ4n) is 2.23. The third-order valence-corrected chi connectivity index (χ3v) is 3.16. The van der Waals surface area contributed by atoms with E-state index in [1.54, 1.807) is 9.25 Å². The van der Waals surface area contributed by atoms with Crippen LogP contribution in [-0.4, -0.2) is 19.3 Å². The Labute approximate surface area is 113 Å². The van der Waals surface area contributed by atoms with Crippen molar-refractivity contribution >= 4 is 17.0 Å². The molecule has 20 heavy (non-hydrogen) atoms. The van der Waals surface area contributed by atoms with E-state index in [9.17, 15) is 8.78 Å². The smallest absolute Gasteiger partial charge is 0.201 e. The lowest BCUT2D eigenvalue weighted by atomic mass is 10.2. The van der Waals surface area contributed by atoms with Crippen LogP contribution in [0, 0.1) is 11.6 Å². The van der Waals surface area contributed by atoms with Crippen molar-refractivity contribution in [3.05, 3.63) is 41.7 Å². The van der Waals surface area contributed by atoms with Crippen LogP contribution >= 0.6 is 0 Å². The second-order valence-electron chi connectivity index (χ2n) is 4.61. The van der Waals surface area contributed by atoms with Crippen LogP contribution < -0.4 is 5.73 Å². The van der Waals surface area contributed by atoms with Gasteiger partial charge in [0.2, 0.25) is 5.95 Å². The minimum Gasteiger partial charge on any atom is -0.369 e. The van der Waals surface area contributed by atoms with Gasteiger partial charge in [-0.05, 0) is 6.07 Å². The van der Waals surface area contributed by atoms with Gasteiger partial charge in [-0.15, -0.1) is 0 Å². The zero-order chi connectivity index (χ0) is 14.3. The van der Waals surface area contributed by atoms with E-state index in [0.29, 0.717) is 18.5 Å². The van der Waals surface area contributed by atoms with Crippen LogP contribution in [0.4, 0.5) is 14.7 Å². The lowest BCUT2D eigenvalue weighted by molar-refractivity contribution is 0.589. The Bertz CT molecular complexity index is 775. The van der Waals surface area contributed by atoms with Gasteiger partial charge in [-0.25, -0.2) is 13.8 Å². The molecule has 0 spiro atoms. The van der Waals surface area contributed by atoms with Gasteiger partial charge in [0.25, 0.3) is 0 Å². The molecular weight excluding hydrogens is 264 g/mol. The van der Waals surface area contributed by atoms with E-state index in [2.05, 4.69) is 10.1 Å². The van der Waals surface area contributed by atoms with Gasteiger partial charge in [0, 0.05) is 38.3 Å². The molecule has 0 aliphatic rings. The molecule has 3 rings (SSSR count). The lowest BCUT2D eigenvalue weighted by Gasteiger charge is -2.05. The van der Waals surface area contributed by atoms with E-state index in [4.69, 9.17) is 5.73 Å². The van der Waals surface area contributed by atoms with E-state index in [1.165, 1.54) is 6.07 Å². The molecule has 3 aromatic rings.